The summed E-state index contributed by atoms with van der Waals surface area (Å²) < 4.78 is 11.2. The van der Waals surface area contributed by atoms with Gasteiger partial charge < -0.3 is 19.7 Å². The number of methoxy groups -OCH3 is 1. The Balaban J connectivity index is 1.29. The Bertz CT molecular complexity index is 1240. The van der Waals surface area contributed by atoms with Crippen molar-refractivity contribution in [1.29, 1.82) is 5.26 Å². The summed E-state index contributed by atoms with van der Waals surface area (Å²) in [6.45, 7) is 8.09. The number of hydrogen-bond acceptors (Lipinski definition) is 7. The first-order chi connectivity index (χ1) is 18.6. The van der Waals surface area contributed by atoms with E-state index in [0.717, 1.165) is 93.4 Å². The van der Waals surface area contributed by atoms with Crippen molar-refractivity contribution >= 4 is 17.2 Å². The zero-order chi connectivity index (χ0) is 26.5. The number of benzene rings is 1. The maximum Gasteiger partial charge on any atom is 0.253 e. The van der Waals surface area contributed by atoms with E-state index in [2.05, 4.69) is 23.2 Å². The van der Waals surface area contributed by atoms with E-state index < -0.39 is 0 Å². The molecule has 2 saturated heterocycles. The Kier molecular flexibility index (Phi) is 8.26. The van der Waals surface area contributed by atoms with Gasteiger partial charge in [-0.2, -0.15) is 5.26 Å². The van der Waals surface area contributed by atoms with Crippen LogP contribution in [0.4, 0.5) is 5.69 Å². The number of piperidine rings is 1. The number of rotatable bonds is 8. The van der Waals surface area contributed by atoms with Gasteiger partial charge in [0.05, 0.1) is 37.7 Å². The third kappa shape index (κ3) is 5.54. The number of carbonyl (C=O) groups excluding carboxylic acids is 1. The Morgan fingerprint density at radius 3 is 2.71 bits per heavy atom. The fourth-order valence-electron chi connectivity index (χ4n) is 5.77. The molecule has 1 aromatic heterocycles. The molecule has 2 aliphatic heterocycles. The van der Waals surface area contributed by atoms with Crippen molar-refractivity contribution < 1.29 is 14.3 Å². The summed E-state index contributed by atoms with van der Waals surface area (Å²) in [4.78, 5) is 22.7. The second-order valence-corrected chi connectivity index (χ2v) is 10.2. The third-order valence-electron chi connectivity index (χ3n) is 7.82. The lowest BCUT2D eigenvalue weighted by Crippen LogP contribution is -2.50. The molecule has 1 amide bonds. The summed E-state index contributed by atoms with van der Waals surface area (Å²) in [6.07, 6.45) is 6.19. The summed E-state index contributed by atoms with van der Waals surface area (Å²) in [6, 6.07) is 10.6. The summed E-state index contributed by atoms with van der Waals surface area (Å²) in [5.41, 5.74) is 6.06. The minimum atomic E-state index is 0.0621. The molecule has 2 fully saturated rings. The molecule has 1 aliphatic carbocycles. The van der Waals surface area contributed by atoms with Crippen molar-refractivity contribution in [2.45, 2.75) is 45.1 Å². The first kappa shape index (κ1) is 26.2. The topological polar surface area (TPSA) is 90.7 Å². The van der Waals surface area contributed by atoms with Crippen molar-refractivity contribution in [3.8, 4) is 11.8 Å². The molecule has 1 N–H and O–H groups in total. The minimum Gasteiger partial charge on any atom is -0.496 e. The van der Waals surface area contributed by atoms with Crippen LogP contribution in [0.3, 0.4) is 0 Å². The lowest BCUT2D eigenvalue weighted by molar-refractivity contribution is 0.00158. The first-order valence-corrected chi connectivity index (χ1v) is 13.8. The molecule has 2 aromatic rings. The van der Waals surface area contributed by atoms with Crippen LogP contribution < -0.4 is 10.1 Å². The summed E-state index contributed by atoms with van der Waals surface area (Å²) in [5.74, 6) is 0.757. The van der Waals surface area contributed by atoms with Gasteiger partial charge in [0.2, 0.25) is 0 Å². The molecule has 0 unspecified atom stereocenters. The van der Waals surface area contributed by atoms with E-state index in [0.29, 0.717) is 35.8 Å². The van der Waals surface area contributed by atoms with Gasteiger partial charge in [-0.25, -0.2) is 0 Å². The quantitative estimate of drug-likeness (QED) is 0.570. The van der Waals surface area contributed by atoms with Crippen LogP contribution in [0.1, 0.15) is 59.1 Å². The average Bonchev–Trinajstić information content (AvgIpc) is 3.39. The lowest BCUT2D eigenvalue weighted by atomic mass is 10.00. The largest absolute Gasteiger partial charge is 0.496 e. The van der Waals surface area contributed by atoms with Crippen LogP contribution in [0.25, 0.3) is 5.57 Å². The first-order valence-electron chi connectivity index (χ1n) is 13.8. The lowest BCUT2D eigenvalue weighted by Gasteiger charge is -2.40. The van der Waals surface area contributed by atoms with Crippen LogP contribution in [0.5, 0.6) is 5.75 Å². The number of morpholine rings is 1. The molecule has 3 aliphatic rings. The van der Waals surface area contributed by atoms with Gasteiger partial charge >= 0.3 is 0 Å². The molecular weight excluding hydrogens is 478 g/mol. The van der Waals surface area contributed by atoms with E-state index in [1.165, 1.54) is 0 Å². The molecule has 0 radical (unpaired) electrons. The molecule has 0 atom stereocenters. The number of nitrogens with one attached hydrogen (secondary N) is 1. The van der Waals surface area contributed by atoms with Gasteiger partial charge in [0.15, 0.2) is 0 Å². The highest BCUT2D eigenvalue weighted by Gasteiger charge is 2.29. The molecule has 0 spiro atoms. The Morgan fingerprint density at radius 1 is 1.21 bits per heavy atom. The van der Waals surface area contributed by atoms with Gasteiger partial charge in [-0.05, 0) is 37.5 Å². The maximum atomic E-state index is 13.3. The van der Waals surface area contributed by atoms with Crippen molar-refractivity contribution in [1.82, 2.24) is 14.8 Å². The van der Waals surface area contributed by atoms with Crippen LogP contribution in [-0.2, 0) is 17.6 Å². The molecule has 38 heavy (non-hydrogen) atoms. The number of allylic oxidation sites excluding steroid dienone is 2. The van der Waals surface area contributed by atoms with E-state index in [1.807, 2.05) is 35.2 Å². The van der Waals surface area contributed by atoms with E-state index in [1.54, 1.807) is 7.11 Å². The number of ether oxygens (including phenoxy) is 2. The third-order valence-corrected chi connectivity index (χ3v) is 7.82. The number of hydrogen-bond donors (Lipinski definition) is 1. The predicted molar refractivity (Wildman–Crippen MR) is 147 cm³/mol. The van der Waals surface area contributed by atoms with Crippen LogP contribution in [0.15, 0.2) is 30.3 Å². The van der Waals surface area contributed by atoms with E-state index in [-0.39, 0.29) is 5.91 Å². The Hall–Kier alpha value is -3.41. The number of amides is 1. The molecule has 200 valence electrons. The second kappa shape index (κ2) is 12.0. The molecule has 8 nitrogen and oxygen atoms in total. The smallest absolute Gasteiger partial charge is 0.253 e. The van der Waals surface area contributed by atoms with Crippen LogP contribution in [0, 0.1) is 11.3 Å². The maximum absolute atomic E-state index is 13.3. The normalized spacial score (nSPS) is 18.0. The Labute approximate surface area is 225 Å². The number of likely N-dealkylation sites (tertiary alicyclic amines) is 1. The van der Waals surface area contributed by atoms with Crippen molar-refractivity contribution in [2.24, 2.45) is 0 Å². The molecule has 1 aromatic carbocycles. The van der Waals surface area contributed by atoms with Gasteiger partial charge in [0.25, 0.3) is 5.91 Å². The van der Waals surface area contributed by atoms with Gasteiger partial charge in [0.1, 0.15) is 5.75 Å². The highest BCUT2D eigenvalue weighted by Crippen LogP contribution is 2.34. The van der Waals surface area contributed by atoms with Crippen molar-refractivity contribution in [2.75, 3.05) is 58.4 Å². The molecule has 0 saturated carbocycles. The SMILES string of the molecule is CCCNc1cc(Cc2ccc(C(=O)N3CCC(N4CCOCC4)CC3)cc2OC)nc2c1C(C#N)=CC2. The zero-order valence-corrected chi connectivity index (χ0v) is 22.5. The summed E-state index contributed by atoms with van der Waals surface area (Å²) >= 11 is 0. The summed E-state index contributed by atoms with van der Waals surface area (Å²) in [5, 5.41) is 13.0. The number of nitriles is 1. The van der Waals surface area contributed by atoms with Crippen LogP contribution in [-0.4, -0.2) is 79.8 Å². The monoisotopic (exact) mass is 515 g/mol. The number of nitrogens with zero attached hydrogens (tertiary/aromatic N) is 4. The van der Waals surface area contributed by atoms with Crippen LogP contribution >= 0.6 is 0 Å². The van der Waals surface area contributed by atoms with Gasteiger partial charge in [0, 0.05) is 79.7 Å². The predicted octanol–water partition coefficient (Wildman–Crippen LogP) is 3.90. The number of anilines is 1. The van der Waals surface area contributed by atoms with Gasteiger partial charge in [-0.15, -0.1) is 0 Å². The van der Waals surface area contributed by atoms with E-state index >= 15 is 0 Å². The second-order valence-electron chi connectivity index (χ2n) is 10.2. The fraction of sp³-hybridized carbons (Fsp3) is 0.500. The molecule has 3 heterocycles. The zero-order valence-electron chi connectivity index (χ0n) is 22.5. The summed E-state index contributed by atoms with van der Waals surface area (Å²) in [7, 11) is 1.65. The Morgan fingerprint density at radius 2 is 2.00 bits per heavy atom. The average molecular weight is 516 g/mol. The number of fused-ring (bicyclic) bond motifs is 1. The van der Waals surface area contributed by atoms with Gasteiger partial charge in [-0.1, -0.05) is 19.1 Å². The molecular formula is C30H37N5O3. The highest BCUT2D eigenvalue weighted by atomic mass is 16.5. The van der Waals surface area contributed by atoms with Crippen molar-refractivity contribution in [3.63, 3.8) is 0 Å². The standard InChI is InChI=1S/C30H37N5O3/c1-3-10-32-27-19-24(33-26-7-6-23(20-31)29(26)27)17-21-4-5-22(18-28(21)37-2)30(36)35-11-8-25(9-12-35)34-13-15-38-16-14-34/h4-6,18-19,25H,3,7-17H2,1-2H3,(H,32,33). The highest BCUT2D eigenvalue weighted by molar-refractivity contribution is 5.95. The number of pyridine rings is 1. The molecule has 5 rings (SSSR count). The fourth-order valence-corrected chi connectivity index (χ4v) is 5.77. The van der Waals surface area contributed by atoms with E-state index in [4.69, 9.17) is 14.5 Å². The van der Waals surface area contributed by atoms with Crippen LogP contribution in [0.2, 0.25) is 0 Å². The van der Waals surface area contributed by atoms with Gasteiger partial charge in [-0.3, -0.25) is 14.7 Å². The number of carbonyl (C=O) groups is 1. The molecule has 8 heteroatoms. The van der Waals surface area contributed by atoms with Crippen molar-refractivity contribution in [3.05, 3.63) is 58.4 Å². The minimum absolute atomic E-state index is 0.0621. The van der Waals surface area contributed by atoms with E-state index in [9.17, 15) is 10.1 Å². The molecule has 0 bridgehead atoms. The number of aromatic nitrogens is 1.